The fourth-order valence-electron chi connectivity index (χ4n) is 5.03. The molecule has 14 nitrogen and oxygen atoms in total. The Bertz CT molecular complexity index is 1360. The van der Waals surface area contributed by atoms with Gasteiger partial charge >= 0.3 is 0 Å². The van der Waals surface area contributed by atoms with Crippen molar-refractivity contribution in [2.45, 2.75) is 82.6 Å². The van der Waals surface area contributed by atoms with Gasteiger partial charge in [0.15, 0.2) is 5.78 Å². The van der Waals surface area contributed by atoms with E-state index in [2.05, 4.69) is 36.2 Å². The smallest absolute Gasteiger partial charge is 0.243 e. The molecule has 0 spiro atoms. The van der Waals surface area contributed by atoms with Crippen LogP contribution in [0.4, 0.5) is 0 Å². The third-order valence-electron chi connectivity index (χ3n) is 7.61. The van der Waals surface area contributed by atoms with Crippen molar-refractivity contribution in [1.29, 1.82) is 0 Å². The summed E-state index contributed by atoms with van der Waals surface area (Å²) in [5, 5.41) is 12.3. The first-order valence-corrected chi connectivity index (χ1v) is 15.5. The number of hydrogen-bond acceptors (Lipinski definition) is 9. The monoisotopic (exact) mass is 624 g/mol. The number of carbonyl (C=O) groups is 4. The molecule has 0 saturated heterocycles. The standard InChI is InChI=1S/C31H48N10O4/c1-20(42)26(15-22-17-35-19-38-22)40-31(45)27(14-21-16-36-24-9-3-2-8-23(21)24)41-30(44)25(10-4-6-12-32)39-29(43)18-37-28(34)11-5-7-13-33/h2-3,8-9,16-17,19,25-28,36-37H,4-7,10-15,18,32-34H2,1H3,(H,35,38)(H,39,43)(H,40,45)(H,41,44)/t25-,26-,27-,28+/m0/s1. The third kappa shape index (κ3) is 11.7. The maximum atomic E-state index is 13.7. The van der Waals surface area contributed by atoms with Crippen molar-refractivity contribution in [2.24, 2.45) is 17.2 Å². The average Bonchev–Trinajstić information content (AvgIpc) is 3.69. The zero-order valence-electron chi connectivity index (χ0n) is 25.9. The summed E-state index contributed by atoms with van der Waals surface area (Å²) < 4.78 is 0. The van der Waals surface area contributed by atoms with Crippen LogP contribution in [0.1, 0.15) is 56.7 Å². The molecule has 0 bridgehead atoms. The molecule has 246 valence electrons. The molecule has 3 rings (SSSR count). The number of para-hydroxylation sites is 1. The topological polar surface area (TPSA) is 239 Å². The Morgan fingerprint density at radius 2 is 1.53 bits per heavy atom. The number of nitrogens with zero attached hydrogens (tertiary/aromatic N) is 1. The van der Waals surface area contributed by atoms with Gasteiger partial charge in [0, 0.05) is 41.8 Å². The number of ketones is 1. The number of Topliss-reactive ketones (excluding diaryl/α,β-unsaturated/α-hetero) is 1. The molecule has 0 fully saturated rings. The van der Waals surface area contributed by atoms with Crippen LogP contribution in [0.25, 0.3) is 10.9 Å². The molecule has 2 aromatic heterocycles. The SMILES string of the molecule is CC(=O)[C@H](Cc1cnc[nH]1)NC(=O)[C@H](Cc1c[nH]c2ccccc12)NC(=O)[C@H](CCCCN)NC(=O)CN[C@@H](N)CCCCN. The van der Waals surface area contributed by atoms with Gasteiger partial charge < -0.3 is 43.1 Å². The van der Waals surface area contributed by atoms with E-state index in [1.807, 2.05) is 24.3 Å². The molecular formula is C31H48N10O4. The molecule has 0 aliphatic carbocycles. The Hall–Kier alpha value is -4.11. The van der Waals surface area contributed by atoms with E-state index in [4.69, 9.17) is 17.2 Å². The number of H-pyrrole nitrogens is 2. The lowest BCUT2D eigenvalue weighted by molar-refractivity contribution is -0.133. The van der Waals surface area contributed by atoms with Crippen LogP contribution in [-0.4, -0.2) is 82.4 Å². The van der Waals surface area contributed by atoms with Gasteiger partial charge in [-0.25, -0.2) is 4.98 Å². The number of nitrogens with two attached hydrogens (primary N) is 3. The van der Waals surface area contributed by atoms with Gasteiger partial charge in [0.2, 0.25) is 17.7 Å². The predicted molar refractivity (Wildman–Crippen MR) is 173 cm³/mol. The predicted octanol–water partition coefficient (Wildman–Crippen LogP) is -0.148. The van der Waals surface area contributed by atoms with Gasteiger partial charge in [-0.05, 0) is 70.2 Å². The number of unbranched alkanes of at least 4 members (excludes halogenated alkanes) is 2. The molecule has 0 aliphatic rings. The minimum absolute atomic E-state index is 0.0718. The van der Waals surface area contributed by atoms with E-state index >= 15 is 0 Å². The van der Waals surface area contributed by atoms with Gasteiger partial charge in [0.25, 0.3) is 0 Å². The van der Waals surface area contributed by atoms with Crippen molar-refractivity contribution >= 4 is 34.4 Å². The van der Waals surface area contributed by atoms with Crippen molar-refractivity contribution < 1.29 is 19.2 Å². The Labute approximate surface area is 263 Å². The molecule has 0 aliphatic heterocycles. The van der Waals surface area contributed by atoms with Crippen LogP contribution in [0.2, 0.25) is 0 Å². The second-order valence-electron chi connectivity index (χ2n) is 11.3. The number of benzene rings is 1. The number of hydrogen-bond donors (Lipinski definition) is 9. The van der Waals surface area contributed by atoms with Crippen LogP contribution in [0.15, 0.2) is 43.0 Å². The highest BCUT2D eigenvalue weighted by molar-refractivity contribution is 5.95. The summed E-state index contributed by atoms with van der Waals surface area (Å²) in [4.78, 5) is 62.9. The maximum absolute atomic E-state index is 13.7. The van der Waals surface area contributed by atoms with Gasteiger partial charge in [-0.3, -0.25) is 24.5 Å². The Morgan fingerprint density at radius 3 is 2.22 bits per heavy atom. The van der Waals surface area contributed by atoms with Crippen LogP contribution < -0.4 is 38.5 Å². The molecule has 2 heterocycles. The number of carbonyl (C=O) groups excluding carboxylic acids is 4. The van der Waals surface area contributed by atoms with Crippen molar-refractivity contribution in [3.63, 3.8) is 0 Å². The van der Waals surface area contributed by atoms with Crippen molar-refractivity contribution in [2.75, 3.05) is 19.6 Å². The summed E-state index contributed by atoms with van der Waals surface area (Å²) in [5.41, 5.74) is 19.7. The quantitative estimate of drug-likeness (QED) is 0.0565. The number of nitrogens with one attached hydrogen (secondary N) is 6. The van der Waals surface area contributed by atoms with Crippen LogP contribution in [-0.2, 0) is 32.0 Å². The molecule has 0 radical (unpaired) electrons. The number of aromatic nitrogens is 3. The summed E-state index contributed by atoms with van der Waals surface area (Å²) >= 11 is 0. The van der Waals surface area contributed by atoms with Crippen molar-refractivity contribution in [1.82, 2.24) is 36.2 Å². The largest absolute Gasteiger partial charge is 0.361 e. The lowest BCUT2D eigenvalue weighted by atomic mass is 10.0. The molecule has 0 saturated carbocycles. The second-order valence-corrected chi connectivity index (χ2v) is 11.3. The van der Waals surface area contributed by atoms with E-state index < -0.39 is 35.8 Å². The van der Waals surface area contributed by atoms with Crippen LogP contribution in [0.5, 0.6) is 0 Å². The number of imidazole rings is 1. The fraction of sp³-hybridized carbons (Fsp3) is 0.516. The summed E-state index contributed by atoms with van der Waals surface area (Å²) in [6, 6.07) is 4.86. The molecule has 0 unspecified atom stereocenters. The molecule has 12 N–H and O–H groups in total. The van der Waals surface area contributed by atoms with Gasteiger partial charge in [-0.1, -0.05) is 18.2 Å². The average molecular weight is 625 g/mol. The van der Waals surface area contributed by atoms with Gasteiger partial charge in [0.1, 0.15) is 12.1 Å². The zero-order chi connectivity index (χ0) is 32.6. The lowest BCUT2D eigenvalue weighted by Gasteiger charge is -2.25. The lowest BCUT2D eigenvalue weighted by Crippen LogP contribution is -2.57. The van der Waals surface area contributed by atoms with Crippen LogP contribution >= 0.6 is 0 Å². The van der Waals surface area contributed by atoms with Gasteiger partial charge in [-0.15, -0.1) is 0 Å². The highest BCUT2D eigenvalue weighted by atomic mass is 16.2. The summed E-state index contributed by atoms with van der Waals surface area (Å²) in [7, 11) is 0. The summed E-state index contributed by atoms with van der Waals surface area (Å²) in [6.45, 7) is 2.34. The highest BCUT2D eigenvalue weighted by Crippen LogP contribution is 2.19. The number of aromatic amines is 2. The van der Waals surface area contributed by atoms with E-state index in [1.165, 1.54) is 13.3 Å². The first kappa shape index (κ1) is 35.4. The normalized spacial score (nSPS) is 14.0. The van der Waals surface area contributed by atoms with Crippen LogP contribution in [0, 0.1) is 0 Å². The second kappa shape index (κ2) is 18.6. The first-order chi connectivity index (χ1) is 21.7. The first-order valence-electron chi connectivity index (χ1n) is 15.5. The van der Waals surface area contributed by atoms with Crippen molar-refractivity contribution in [3.05, 3.63) is 54.2 Å². The number of rotatable bonds is 21. The number of amides is 3. The zero-order valence-corrected chi connectivity index (χ0v) is 25.9. The van der Waals surface area contributed by atoms with E-state index in [1.54, 1.807) is 12.4 Å². The molecule has 14 heteroatoms. The Balaban J connectivity index is 1.76. The summed E-state index contributed by atoms with van der Waals surface area (Å²) in [5.74, 6) is -1.67. The molecule has 3 amide bonds. The van der Waals surface area contributed by atoms with Crippen molar-refractivity contribution in [3.8, 4) is 0 Å². The molecular weight excluding hydrogens is 576 g/mol. The number of fused-ring (bicyclic) bond motifs is 1. The molecule has 45 heavy (non-hydrogen) atoms. The van der Waals surface area contributed by atoms with E-state index in [0.717, 1.165) is 29.3 Å². The Kier molecular flexibility index (Phi) is 14.7. The highest BCUT2D eigenvalue weighted by Gasteiger charge is 2.30. The molecule has 1 aromatic carbocycles. The summed E-state index contributed by atoms with van der Waals surface area (Å²) in [6.07, 6.45) is 8.80. The van der Waals surface area contributed by atoms with Gasteiger partial charge in [-0.2, -0.15) is 0 Å². The fourth-order valence-corrected chi connectivity index (χ4v) is 5.03. The van der Waals surface area contributed by atoms with E-state index in [-0.39, 0.29) is 31.3 Å². The van der Waals surface area contributed by atoms with Crippen LogP contribution in [0.3, 0.4) is 0 Å². The molecule has 4 atom stereocenters. The Morgan fingerprint density at radius 1 is 0.844 bits per heavy atom. The van der Waals surface area contributed by atoms with E-state index in [0.29, 0.717) is 44.5 Å². The minimum Gasteiger partial charge on any atom is -0.361 e. The molecule has 3 aromatic rings. The third-order valence-corrected chi connectivity index (χ3v) is 7.61. The minimum atomic E-state index is -1.04. The van der Waals surface area contributed by atoms with Gasteiger partial charge in [0.05, 0.1) is 25.1 Å². The van der Waals surface area contributed by atoms with E-state index in [9.17, 15) is 19.2 Å². The maximum Gasteiger partial charge on any atom is 0.243 e.